The second-order valence-corrected chi connectivity index (χ2v) is 6.08. The lowest BCUT2D eigenvalue weighted by molar-refractivity contribution is -0.144. The maximum absolute atomic E-state index is 12.4. The number of rotatable bonds is 6. The standard InChI is InChI=1S/C15H23N3O4/c1-2-7-16-11(19)9-17-12(20)10-18-13(21)8-15(14(18)22)5-3-4-6-15/h2-10H2,1H3,(H,16,19)(H,17,20). The number of carbonyl (C=O) groups is 4. The lowest BCUT2D eigenvalue weighted by atomic mass is 9.84. The fraction of sp³-hybridized carbons (Fsp3) is 0.733. The molecule has 0 atom stereocenters. The number of likely N-dealkylation sites (tertiary alicyclic amines) is 1. The van der Waals surface area contributed by atoms with Crippen molar-refractivity contribution in [3.8, 4) is 0 Å². The number of amides is 4. The van der Waals surface area contributed by atoms with Crippen molar-refractivity contribution in [2.24, 2.45) is 5.41 Å². The van der Waals surface area contributed by atoms with Crippen LogP contribution in [0.1, 0.15) is 45.4 Å². The molecule has 1 heterocycles. The largest absolute Gasteiger partial charge is 0.355 e. The van der Waals surface area contributed by atoms with Crippen molar-refractivity contribution in [3.63, 3.8) is 0 Å². The Kier molecular flexibility index (Phi) is 5.15. The topological polar surface area (TPSA) is 95.6 Å². The van der Waals surface area contributed by atoms with Gasteiger partial charge >= 0.3 is 0 Å². The van der Waals surface area contributed by atoms with Crippen LogP contribution in [0.15, 0.2) is 0 Å². The predicted molar refractivity (Wildman–Crippen MR) is 78.5 cm³/mol. The molecule has 1 saturated heterocycles. The molecule has 7 nitrogen and oxygen atoms in total. The Bertz CT molecular complexity index is 483. The van der Waals surface area contributed by atoms with Crippen molar-refractivity contribution in [1.29, 1.82) is 0 Å². The molecule has 1 aliphatic heterocycles. The summed E-state index contributed by atoms with van der Waals surface area (Å²) in [7, 11) is 0. The third-order valence-electron chi connectivity index (χ3n) is 4.37. The molecule has 0 bridgehead atoms. The molecule has 1 spiro atoms. The van der Waals surface area contributed by atoms with Gasteiger partial charge in [-0.1, -0.05) is 19.8 Å². The summed E-state index contributed by atoms with van der Waals surface area (Å²) in [4.78, 5) is 48.7. The molecule has 22 heavy (non-hydrogen) atoms. The molecule has 2 rings (SSSR count). The second kappa shape index (κ2) is 6.89. The Morgan fingerprint density at radius 1 is 1.14 bits per heavy atom. The first-order chi connectivity index (χ1) is 10.5. The molecule has 0 unspecified atom stereocenters. The Morgan fingerprint density at radius 3 is 2.45 bits per heavy atom. The molecular weight excluding hydrogens is 286 g/mol. The average Bonchev–Trinajstić information content (AvgIpc) is 3.04. The number of imide groups is 1. The van der Waals surface area contributed by atoms with Crippen LogP contribution in [0.3, 0.4) is 0 Å². The van der Waals surface area contributed by atoms with Gasteiger partial charge in [0.25, 0.3) is 0 Å². The zero-order chi connectivity index (χ0) is 16.2. The molecule has 0 aromatic rings. The van der Waals surface area contributed by atoms with E-state index in [-0.39, 0.29) is 37.2 Å². The first-order valence-corrected chi connectivity index (χ1v) is 7.87. The fourth-order valence-corrected chi connectivity index (χ4v) is 3.17. The van der Waals surface area contributed by atoms with Gasteiger partial charge in [-0.15, -0.1) is 0 Å². The van der Waals surface area contributed by atoms with Crippen LogP contribution in [0.4, 0.5) is 0 Å². The van der Waals surface area contributed by atoms with Gasteiger partial charge in [0.15, 0.2) is 0 Å². The summed E-state index contributed by atoms with van der Waals surface area (Å²) >= 11 is 0. The maximum atomic E-state index is 12.4. The molecule has 7 heteroatoms. The van der Waals surface area contributed by atoms with Crippen molar-refractivity contribution >= 4 is 23.6 Å². The van der Waals surface area contributed by atoms with Crippen LogP contribution < -0.4 is 10.6 Å². The molecular formula is C15H23N3O4. The van der Waals surface area contributed by atoms with Gasteiger partial charge in [-0.3, -0.25) is 24.1 Å². The predicted octanol–water partition coefficient (Wildman–Crippen LogP) is -0.0519. The number of nitrogens with one attached hydrogen (secondary N) is 2. The van der Waals surface area contributed by atoms with Gasteiger partial charge in [-0.25, -0.2) is 0 Å². The zero-order valence-electron chi connectivity index (χ0n) is 12.9. The van der Waals surface area contributed by atoms with E-state index in [1.165, 1.54) is 0 Å². The summed E-state index contributed by atoms with van der Waals surface area (Å²) in [5, 5.41) is 5.08. The Hall–Kier alpha value is -1.92. The lowest BCUT2D eigenvalue weighted by Crippen LogP contribution is -2.44. The molecule has 2 fully saturated rings. The Morgan fingerprint density at radius 2 is 1.82 bits per heavy atom. The Balaban J connectivity index is 1.83. The van der Waals surface area contributed by atoms with Gasteiger partial charge in [0.05, 0.1) is 12.0 Å². The summed E-state index contributed by atoms with van der Waals surface area (Å²) in [6.07, 6.45) is 4.41. The Labute approximate surface area is 129 Å². The van der Waals surface area contributed by atoms with E-state index in [0.29, 0.717) is 6.54 Å². The van der Waals surface area contributed by atoms with E-state index in [2.05, 4.69) is 10.6 Å². The molecule has 4 amide bonds. The van der Waals surface area contributed by atoms with Gasteiger partial charge in [0.2, 0.25) is 23.6 Å². The van der Waals surface area contributed by atoms with E-state index in [9.17, 15) is 19.2 Å². The SMILES string of the molecule is CCCNC(=O)CNC(=O)CN1C(=O)CC2(CCCC2)C1=O. The number of nitrogens with zero attached hydrogens (tertiary/aromatic N) is 1. The van der Waals surface area contributed by atoms with Crippen LogP contribution in [-0.2, 0) is 19.2 Å². The van der Waals surface area contributed by atoms with Gasteiger partial charge in [0.1, 0.15) is 6.54 Å². The van der Waals surface area contributed by atoms with Crippen LogP contribution in [0.5, 0.6) is 0 Å². The highest BCUT2D eigenvalue weighted by atomic mass is 16.2. The van der Waals surface area contributed by atoms with E-state index >= 15 is 0 Å². The van der Waals surface area contributed by atoms with Crippen molar-refractivity contribution in [2.45, 2.75) is 45.4 Å². The van der Waals surface area contributed by atoms with Gasteiger partial charge in [-0.05, 0) is 19.3 Å². The molecule has 2 N–H and O–H groups in total. The molecule has 2 aliphatic rings. The number of hydrogen-bond acceptors (Lipinski definition) is 4. The minimum atomic E-state index is -0.560. The van der Waals surface area contributed by atoms with E-state index in [4.69, 9.17) is 0 Å². The first-order valence-electron chi connectivity index (χ1n) is 7.87. The summed E-state index contributed by atoms with van der Waals surface area (Å²) in [6, 6.07) is 0. The average molecular weight is 309 g/mol. The van der Waals surface area contributed by atoms with E-state index in [1.54, 1.807) is 0 Å². The quantitative estimate of drug-likeness (QED) is 0.672. The molecule has 0 radical (unpaired) electrons. The molecule has 0 aromatic carbocycles. The zero-order valence-corrected chi connectivity index (χ0v) is 12.9. The van der Waals surface area contributed by atoms with Crippen molar-refractivity contribution in [2.75, 3.05) is 19.6 Å². The van der Waals surface area contributed by atoms with E-state index < -0.39 is 11.3 Å². The molecule has 1 saturated carbocycles. The maximum Gasteiger partial charge on any atom is 0.240 e. The van der Waals surface area contributed by atoms with Crippen molar-refractivity contribution < 1.29 is 19.2 Å². The molecule has 0 aromatic heterocycles. The van der Waals surface area contributed by atoms with Gasteiger partial charge < -0.3 is 10.6 Å². The van der Waals surface area contributed by atoms with Crippen LogP contribution >= 0.6 is 0 Å². The monoisotopic (exact) mass is 309 g/mol. The van der Waals surface area contributed by atoms with E-state index in [1.807, 2.05) is 6.92 Å². The summed E-state index contributed by atoms with van der Waals surface area (Å²) in [5.41, 5.74) is -0.560. The minimum absolute atomic E-state index is 0.139. The summed E-state index contributed by atoms with van der Waals surface area (Å²) in [5.74, 6) is -1.26. The number of carbonyl (C=O) groups excluding carboxylic acids is 4. The summed E-state index contributed by atoms with van der Waals surface area (Å²) < 4.78 is 0. The fourth-order valence-electron chi connectivity index (χ4n) is 3.17. The first kappa shape index (κ1) is 16.5. The van der Waals surface area contributed by atoms with Crippen LogP contribution in [0.2, 0.25) is 0 Å². The normalized spacial score (nSPS) is 19.8. The number of hydrogen-bond donors (Lipinski definition) is 2. The van der Waals surface area contributed by atoms with Crippen molar-refractivity contribution in [1.82, 2.24) is 15.5 Å². The second-order valence-electron chi connectivity index (χ2n) is 6.08. The van der Waals surface area contributed by atoms with Crippen LogP contribution in [-0.4, -0.2) is 48.2 Å². The van der Waals surface area contributed by atoms with Crippen LogP contribution in [0.25, 0.3) is 0 Å². The smallest absolute Gasteiger partial charge is 0.240 e. The van der Waals surface area contributed by atoms with Crippen LogP contribution in [0, 0.1) is 5.41 Å². The van der Waals surface area contributed by atoms with Crippen molar-refractivity contribution in [3.05, 3.63) is 0 Å². The lowest BCUT2D eigenvalue weighted by Gasteiger charge is -2.20. The highest BCUT2D eigenvalue weighted by molar-refractivity contribution is 6.08. The highest BCUT2D eigenvalue weighted by Crippen LogP contribution is 2.46. The third-order valence-corrected chi connectivity index (χ3v) is 4.37. The van der Waals surface area contributed by atoms with E-state index in [0.717, 1.165) is 37.0 Å². The molecule has 122 valence electrons. The minimum Gasteiger partial charge on any atom is -0.355 e. The van der Waals surface area contributed by atoms with Gasteiger partial charge in [-0.2, -0.15) is 0 Å². The summed E-state index contributed by atoms with van der Waals surface area (Å²) in [6.45, 7) is 2.06. The highest BCUT2D eigenvalue weighted by Gasteiger charge is 2.52. The third kappa shape index (κ3) is 3.45. The molecule has 1 aliphatic carbocycles. The van der Waals surface area contributed by atoms with Gasteiger partial charge in [0, 0.05) is 13.0 Å².